The summed E-state index contributed by atoms with van der Waals surface area (Å²) in [5.41, 5.74) is -3.80. The molecule has 0 amide bonds. The Hall–Kier alpha value is -3.36. The lowest BCUT2D eigenvalue weighted by Crippen LogP contribution is -2.61. The van der Waals surface area contributed by atoms with Crippen molar-refractivity contribution in [1.29, 1.82) is 0 Å². The van der Waals surface area contributed by atoms with Crippen LogP contribution in [0.1, 0.15) is 119 Å². The van der Waals surface area contributed by atoms with Crippen LogP contribution >= 0.6 is 0 Å². The van der Waals surface area contributed by atoms with E-state index in [1.54, 1.807) is 40.1 Å². The van der Waals surface area contributed by atoms with Gasteiger partial charge in [0.15, 0.2) is 18.7 Å². The van der Waals surface area contributed by atoms with Gasteiger partial charge in [-0.05, 0) is 106 Å². The molecule has 4 aliphatic rings. The molecule has 2 N–H and O–H groups in total. The molecule has 1 aromatic heterocycles. The zero-order chi connectivity index (χ0) is 51.0. The Morgan fingerprint density at radius 2 is 1.59 bits per heavy atom. The Kier molecular flexibility index (Phi) is 17.3. The van der Waals surface area contributed by atoms with E-state index in [4.69, 9.17) is 47.4 Å². The quantitative estimate of drug-likeness (QED) is 0.134. The number of aliphatic hydroxyl groups excluding tert-OH is 1. The molecule has 4 aliphatic heterocycles. The largest absolute Gasteiger partial charge is 0.462 e. The van der Waals surface area contributed by atoms with Gasteiger partial charge >= 0.3 is 17.9 Å². The molecule has 0 bridgehead atoms. The number of ether oxygens (including phenoxy) is 10. The number of epoxide rings is 1. The number of nitrogens with zero attached hydrogens (tertiary/aromatic N) is 2. The minimum atomic E-state index is -1.69. The SMILES string of the molecule is CC[C@H]1OC(=O)[C@H](C)[C@@H](OC2C[C@@](C)(OC)[C@@H](OC(C)=O)[C@H](C)O2)[C@H](C)[C@@H](O[C@@H]2O[C@H](C)C[C@H](N(C)C)[C@H]2O)[C@](C)(OC)C[C@@H](C)C2OC2(C)[C@@H](CCOC(=O)c2ccnc3ccccc23)[C@]1(C)O. The maximum atomic E-state index is 14.9. The number of para-hydroxylation sites is 1. The molecule has 5 heterocycles. The second-order valence-electron chi connectivity index (χ2n) is 21.2. The Morgan fingerprint density at radius 3 is 2.23 bits per heavy atom. The summed E-state index contributed by atoms with van der Waals surface area (Å²) in [5, 5.41) is 25.4. The molecule has 4 saturated heterocycles. The minimum Gasteiger partial charge on any atom is -0.462 e. The third-order valence-electron chi connectivity index (χ3n) is 15.8. The maximum Gasteiger partial charge on any atom is 0.338 e. The molecular formula is C52H80N2O15. The summed E-state index contributed by atoms with van der Waals surface area (Å²) in [4.78, 5) is 47.1. The fraction of sp³-hybridized carbons (Fsp3) is 0.769. The molecule has 6 rings (SSSR count). The van der Waals surface area contributed by atoms with E-state index in [2.05, 4.69) is 11.9 Å². The highest BCUT2D eigenvalue weighted by Gasteiger charge is 2.66. The van der Waals surface area contributed by atoms with E-state index < -0.39 is 113 Å². The first-order valence-electron chi connectivity index (χ1n) is 24.7. The molecule has 0 saturated carbocycles. The molecule has 0 spiro atoms. The first kappa shape index (κ1) is 55.0. The third kappa shape index (κ3) is 11.5. The van der Waals surface area contributed by atoms with Crippen molar-refractivity contribution in [3.8, 4) is 0 Å². The van der Waals surface area contributed by atoms with E-state index in [-0.39, 0.29) is 43.9 Å². The number of carbonyl (C=O) groups is 3. The number of hydrogen-bond acceptors (Lipinski definition) is 17. The van der Waals surface area contributed by atoms with Crippen molar-refractivity contribution in [3.63, 3.8) is 0 Å². The van der Waals surface area contributed by atoms with Crippen LogP contribution in [0.25, 0.3) is 10.9 Å². The van der Waals surface area contributed by atoms with Gasteiger partial charge in [-0.15, -0.1) is 0 Å². The highest BCUT2D eigenvalue weighted by Crippen LogP contribution is 2.55. The molecule has 17 nitrogen and oxygen atoms in total. The summed E-state index contributed by atoms with van der Waals surface area (Å²) in [6, 6.07) is 8.67. The van der Waals surface area contributed by atoms with Gasteiger partial charge in [0.05, 0.1) is 65.3 Å². The molecule has 2 aromatic rings. The highest BCUT2D eigenvalue weighted by molar-refractivity contribution is 6.03. The van der Waals surface area contributed by atoms with Crippen LogP contribution < -0.4 is 0 Å². The van der Waals surface area contributed by atoms with Crippen LogP contribution in [-0.4, -0.2) is 163 Å². The van der Waals surface area contributed by atoms with Gasteiger partial charge in [0.25, 0.3) is 0 Å². The molecule has 388 valence electrons. The van der Waals surface area contributed by atoms with Crippen LogP contribution in [0.15, 0.2) is 36.5 Å². The van der Waals surface area contributed by atoms with Gasteiger partial charge in [-0.1, -0.05) is 39.0 Å². The van der Waals surface area contributed by atoms with Crippen molar-refractivity contribution in [2.75, 3.05) is 34.9 Å². The first-order valence-corrected chi connectivity index (χ1v) is 24.7. The number of likely N-dealkylation sites (N-methyl/N-ethyl adjacent to an activating group) is 1. The number of rotatable bonds is 13. The number of fused-ring (bicyclic) bond motifs is 2. The monoisotopic (exact) mass is 973 g/mol. The lowest BCUT2D eigenvalue weighted by molar-refractivity contribution is -0.320. The van der Waals surface area contributed by atoms with Crippen LogP contribution in [0.4, 0.5) is 0 Å². The minimum absolute atomic E-state index is 0.0646. The lowest BCUT2D eigenvalue weighted by atomic mass is 9.69. The van der Waals surface area contributed by atoms with Crippen LogP contribution in [-0.2, 0) is 57.0 Å². The van der Waals surface area contributed by atoms with Gasteiger partial charge in [0.2, 0.25) is 0 Å². The summed E-state index contributed by atoms with van der Waals surface area (Å²) < 4.78 is 64.2. The van der Waals surface area contributed by atoms with E-state index in [0.29, 0.717) is 29.3 Å². The Morgan fingerprint density at radius 1 is 0.928 bits per heavy atom. The number of aliphatic hydroxyl groups is 2. The van der Waals surface area contributed by atoms with Crippen molar-refractivity contribution in [2.45, 2.75) is 198 Å². The lowest BCUT2D eigenvalue weighted by Gasteiger charge is -2.50. The predicted octanol–water partition coefficient (Wildman–Crippen LogP) is 6.01. The number of hydrogen-bond donors (Lipinski definition) is 2. The molecule has 3 unspecified atom stereocenters. The van der Waals surface area contributed by atoms with Crippen LogP contribution in [0.3, 0.4) is 0 Å². The van der Waals surface area contributed by atoms with Crippen molar-refractivity contribution in [2.24, 2.45) is 23.7 Å². The van der Waals surface area contributed by atoms with Gasteiger partial charge in [0.1, 0.15) is 23.4 Å². The van der Waals surface area contributed by atoms with E-state index in [1.165, 1.54) is 14.0 Å². The summed E-state index contributed by atoms with van der Waals surface area (Å²) in [6.45, 7) is 19.9. The van der Waals surface area contributed by atoms with Crippen molar-refractivity contribution in [1.82, 2.24) is 9.88 Å². The summed E-state index contributed by atoms with van der Waals surface area (Å²) >= 11 is 0. The van der Waals surface area contributed by atoms with E-state index in [1.807, 2.05) is 84.8 Å². The smallest absolute Gasteiger partial charge is 0.338 e. The molecule has 0 radical (unpaired) electrons. The van der Waals surface area contributed by atoms with E-state index in [9.17, 15) is 24.6 Å². The number of esters is 3. The van der Waals surface area contributed by atoms with Crippen LogP contribution in [0, 0.1) is 23.7 Å². The molecule has 19 atom stereocenters. The number of methoxy groups -OCH3 is 2. The van der Waals surface area contributed by atoms with Gasteiger partial charge < -0.3 is 62.5 Å². The molecular weight excluding hydrogens is 893 g/mol. The normalized spacial score (nSPS) is 42.2. The highest BCUT2D eigenvalue weighted by atomic mass is 16.7. The average Bonchev–Trinajstić information content (AvgIpc) is 4.00. The molecule has 1 aromatic carbocycles. The maximum absolute atomic E-state index is 14.9. The summed E-state index contributed by atoms with van der Waals surface area (Å²) in [6.07, 6.45) is -5.13. The van der Waals surface area contributed by atoms with Gasteiger partial charge in [0, 0.05) is 57.0 Å². The van der Waals surface area contributed by atoms with E-state index in [0.717, 1.165) is 0 Å². The standard InChI is InChI=1S/C52H80N2O15/c1-16-39-51(10,59)38(22-24-62-47(58)35-21-23-53-36-20-18-17-19-34(35)36)52(11)43(69-52)28(2)26-49(8,60-14)44(68-48-41(56)37(54(12)13)25-29(3)63-48)30(4)42(31(5)46(57)66-39)67-40-27-50(9,61-15)45(32(6)64-40)65-33(7)55/h17-21,23,28-32,37-45,48,56,59H,16,22,24-27H2,1-15H3/t28-,29-,30+,31-,32+,37+,38+,39-,40?,41-,42+,43?,44-,45+,48+,49-,50-,51+,52?/m1/s1. The Bertz CT molecular complexity index is 2080. The second kappa shape index (κ2) is 21.8. The molecule has 0 aliphatic carbocycles. The fourth-order valence-electron chi connectivity index (χ4n) is 11.9. The van der Waals surface area contributed by atoms with Crippen molar-refractivity contribution in [3.05, 3.63) is 42.1 Å². The molecule has 17 heteroatoms. The number of carbonyl (C=O) groups excluding carboxylic acids is 3. The van der Waals surface area contributed by atoms with Crippen LogP contribution in [0.2, 0.25) is 0 Å². The second-order valence-corrected chi connectivity index (χ2v) is 21.2. The van der Waals surface area contributed by atoms with E-state index >= 15 is 0 Å². The number of aromatic nitrogens is 1. The van der Waals surface area contributed by atoms with Crippen molar-refractivity contribution >= 4 is 28.8 Å². The molecule has 4 fully saturated rings. The van der Waals surface area contributed by atoms with Gasteiger partial charge in [-0.25, -0.2) is 4.79 Å². The van der Waals surface area contributed by atoms with Crippen molar-refractivity contribution < 1.29 is 72.0 Å². The summed E-state index contributed by atoms with van der Waals surface area (Å²) in [7, 11) is 6.95. The van der Waals surface area contributed by atoms with Crippen LogP contribution in [0.5, 0.6) is 0 Å². The molecule has 69 heavy (non-hydrogen) atoms. The number of cyclic esters (lactones) is 1. The topological polar surface area (TPSA) is 203 Å². The summed E-state index contributed by atoms with van der Waals surface area (Å²) in [5.74, 6) is -4.30. The zero-order valence-corrected chi connectivity index (χ0v) is 43.5. The number of pyridine rings is 1. The third-order valence-corrected chi connectivity index (χ3v) is 15.8. The van der Waals surface area contributed by atoms with Gasteiger partial charge in [-0.2, -0.15) is 0 Å². The fourth-order valence-corrected chi connectivity index (χ4v) is 11.9. The zero-order valence-electron chi connectivity index (χ0n) is 43.5. The average molecular weight is 973 g/mol. The predicted molar refractivity (Wildman–Crippen MR) is 254 cm³/mol. The number of benzene rings is 1. The first-order chi connectivity index (χ1) is 32.3. The Balaban J connectivity index is 1.39. The van der Waals surface area contributed by atoms with Gasteiger partial charge in [-0.3, -0.25) is 14.6 Å². The Labute approximate surface area is 408 Å².